The van der Waals surface area contributed by atoms with Crippen LogP contribution in [0.15, 0.2) is 66.7 Å². The molecule has 1 fully saturated rings. The lowest BCUT2D eigenvalue weighted by Gasteiger charge is -2.28. The Balaban J connectivity index is 1.70. The van der Waals surface area contributed by atoms with E-state index in [2.05, 4.69) is 5.32 Å². The quantitative estimate of drug-likeness (QED) is 0.583. The Kier molecular flexibility index (Phi) is 6.31. The van der Waals surface area contributed by atoms with Gasteiger partial charge in [-0.1, -0.05) is 18.2 Å². The molecule has 1 N–H and O–H groups in total. The Bertz CT molecular complexity index is 1160. The van der Waals surface area contributed by atoms with Crippen LogP contribution in [-0.4, -0.2) is 26.0 Å². The maximum atomic E-state index is 14.0. The fourth-order valence-corrected chi connectivity index (χ4v) is 4.10. The van der Waals surface area contributed by atoms with Gasteiger partial charge in [0, 0.05) is 17.8 Å². The average Bonchev–Trinajstić information content (AvgIpc) is 3.18. The summed E-state index contributed by atoms with van der Waals surface area (Å²) in [5.74, 6) is -0.240. The molecule has 1 heterocycles. The Morgan fingerprint density at radius 2 is 1.58 bits per heavy atom. The lowest BCUT2D eigenvalue weighted by Crippen LogP contribution is -2.32. The zero-order valence-electron chi connectivity index (χ0n) is 18.7. The van der Waals surface area contributed by atoms with Crippen molar-refractivity contribution >= 4 is 23.2 Å². The van der Waals surface area contributed by atoms with E-state index in [4.69, 9.17) is 9.47 Å². The number of anilines is 2. The van der Waals surface area contributed by atoms with Gasteiger partial charge in [-0.25, -0.2) is 4.39 Å². The van der Waals surface area contributed by atoms with Crippen LogP contribution < -0.4 is 19.7 Å². The van der Waals surface area contributed by atoms with Crippen LogP contribution in [0.4, 0.5) is 15.8 Å². The van der Waals surface area contributed by atoms with Crippen LogP contribution in [0.25, 0.3) is 0 Å². The van der Waals surface area contributed by atoms with Crippen molar-refractivity contribution in [1.29, 1.82) is 0 Å². The van der Waals surface area contributed by atoms with Gasteiger partial charge in [-0.3, -0.25) is 9.59 Å². The number of carbonyl (C=O) groups excluding carboxylic acids is 2. The third-order valence-corrected chi connectivity index (χ3v) is 5.91. The number of rotatable bonds is 6. The van der Waals surface area contributed by atoms with E-state index in [0.717, 1.165) is 5.56 Å². The fourth-order valence-electron chi connectivity index (χ4n) is 4.10. The number of benzene rings is 3. The number of aryl methyl sites for hydroxylation is 1. The third-order valence-electron chi connectivity index (χ3n) is 5.91. The summed E-state index contributed by atoms with van der Waals surface area (Å²) in [5.41, 5.74) is 2.31. The molecule has 33 heavy (non-hydrogen) atoms. The van der Waals surface area contributed by atoms with Gasteiger partial charge < -0.3 is 19.7 Å². The lowest BCUT2D eigenvalue weighted by molar-refractivity contribution is -0.122. The molecule has 1 aliphatic heterocycles. The molecule has 170 valence electrons. The minimum Gasteiger partial charge on any atom is -0.497 e. The molecule has 1 aliphatic rings. The summed E-state index contributed by atoms with van der Waals surface area (Å²) >= 11 is 0. The number of hydrogen-bond donors (Lipinski definition) is 1. The first-order valence-electron chi connectivity index (χ1n) is 10.6. The van der Waals surface area contributed by atoms with Gasteiger partial charge in [-0.2, -0.15) is 0 Å². The highest BCUT2D eigenvalue weighted by Gasteiger charge is 2.45. The Labute approximate surface area is 191 Å². The molecule has 6 nitrogen and oxygen atoms in total. The molecule has 3 aromatic rings. The van der Waals surface area contributed by atoms with Crippen LogP contribution in [0.2, 0.25) is 0 Å². The Hall–Kier alpha value is -3.87. The molecule has 0 saturated carbocycles. The smallest absolute Gasteiger partial charge is 0.230 e. The first-order valence-corrected chi connectivity index (χ1v) is 10.6. The normalized spacial score (nSPS) is 17.7. The van der Waals surface area contributed by atoms with E-state index in [-0.39, 0.29) is 18.2 Å². The molecule has 0 bridgehead atoms. The summed E-state index contributed by atoms with van der Waals surface area (Å²) in [6.07, 6.45) is 0.0307. The van der Waals surface area contributed by atoms with Gasteiger partial charge in [0.15, 0.2) is 0 Å². The van der Waals surface area contributed by atoms with E-state index in [0.29, 0.717) is 28.4 Å². The van der Waals surface area contributed by atoms with Crippen molar-refractivity contribution in [3.63, 3.8) is 0 Å². The number of nitrogens with zero attached hydrogens (tertiary/aromatic N) is 1. The van der Waals surface area contributed by atoms with E-state index in [1.807, 2.05) is 12.1 Å². The summed E-state index contributed by atoms with van der Waals surface area (Å²) in [6, 6.07) is 18.4. The minimum absolute atomic E-state index is 0.0307. The van der Waals surface area contributed by atoms with Gasteiger partial charge in [0.1, 0.15) is 17.3 Å². The van der Waals surface area contributed by atoms with Gasteiger partial charge in [0.05, 0.1) is 26.2 Å². The summed E-state index contributed by atoms with van der Waals surface area (Å²) in [6.45, 7) is 1.66. The van der Waals surface area contributed by atoms with Gasteiger partial charge in [-0.05, 0) is 66.6 Å². The third kappa shape index (κ3) is 4.53. The average molecular weight is 448 g/mol. The summed E-state index contributed by atoms with van der Waals surface area (Å²) in [4.78, 5) is 28.1. The standard InChI is InChI=1S/C26H25FN2O4/c1-16-4-7-18(14-23(16)27)28-26(31)22-15-24(30)29(19-8-12-21(33-3)13-9-19)25(22)17-5-10-20(32-2)11-6-17/h4-14,22,25H,15H2,1-3H3,(H,28,31)/t22-,25+/m0/s1. The molecular weight excluding hydrogens is 423 g/mol. The largest absolute Gasteiger partial charge is 0.497 e. The van der Waals surface area contributed by atoms with Crippen molar-refractivity contribution in [2.24, 2.45) is 5.92 Å². The van der Waals surface area contributed by atoms with E-state index in [1.54, 1.807) is 74.6 Å². The van der Waals surface area contributed by atoms with Crippen molar-refractivity contribution in [1.82, 2.24) is 0 Å². The van der Waals surface area contributed by atoms with Crippen LogP contribution in [0, 0.1) is 18.7 Å². The maximum Gasteiger partial charge on any atom is 0.230 e. The van der Waals surface area contributed by atoms with Crippen molar-refractivity contribution < 1.29 is 23.5 Å². The number of hydrogen-bond acceptors (Lipinski definition) is 4. The fraction of sp³-hybridized carbons (Fsp3) is 0.231. The number of nitrogens with one attached hydrogen (secondary N) is 1. The van der Waals surface area contributed by atoms with Gasteiger partial charge >= 0.3 is 0 Å². The molecule has 2 atom stereocenters. The molecular formula is C26H25FN2O4. The first-order chi connectivity index (χ1) is 15.9. The number of carbonyl (C=O) groups is 2. The van der Waals surface area contributed by atoms with Gasteiger partial charge in [0.2, 0.25) is 11.8 Å². The molecule has 4 rings (SSSR count). The van der Waals surface area contributed by atoms with Crippen LogP contribution in [0.5, 0.6) is 11.5 Å². The Morgan fingerprint density at radius 1 is 0.970 bits per heavy atom. The van der Waals surface area contributed by atoms with Crippen LogP contribution in [-0.2, 0) is 9.59 Å². The second-order valence-corrected chi connectivity index (χ2v) is 7.94. The zero-order valence-corrected chi connectivity index (χ0v) is 18.7. The highest BCUT2D eigenvalue weighted by molar-refractivity contribution is 6.04. The summed E-state index contributed by atoms with van der Waals surface area (Å²) in [7, 11) is 3.15. The molecule has 7 heteroatoms. The molecule has 0 unspecified atom stereocenters. The second-order valence-electron chi connectivity index (χ2n) is 7.94. The molecule has 1 saturated heterocycles. The zero-order chi connectivity index (χ0) is 23.5. The summed E-state index contributed by atoms with van der Waals surface area (Å²) < 4.78 is 24.5. The number of halogens is 1. The molecule has 3 aromatic carbocycles. The van der Waals surface area contributed by atoms with Gasteiger partial charge in [-0.15, -0.1) is 0 Å². The predicted molar refractivity (Wildman–Crippen MR) is 124 cm³/mol. The predicted octanol–water partition coefficient (Wildman–Crippen LogP) is 4.88. The molecule has 2 amide bonds. The lowest BCUT2D eigenvalue weighted by atomic mass is 9.92. The van der Waals surface area contributed by atoms with Crippen molar-refractivity contribution in [3.8, 4) is 11.5 Å². The monoisotopic (exact) mass is 448 g/mol. The van der Waals surface area contributed by atoms with Crippen LogP contribution in [0.3, 0.4) is 0 Å². The number of ether oxygens (including phenoxy) is 2. The van der Waals surface area contributed by atoms with Crippen molar-refractivity contribution in [3.05, 3.63) is 83.7 Å². The van der Waals surface area contributed by atoms with Crippen molar-refractivity contribution in [2.75, 3.05) is 24.4 Å². The maximum absolute atomic E-state index is 14.0. The second kappa shape index (κ2) is 9.32. The highest BCUT2D eigenvalue weighted by atomic mass is 19.1. The Morgan fingerprint density at radius 3 is 2.15 bits per heavy atom. The molecule has 0 radical (unpaired) electrons. The van der Waals surface area contributed by atoms with E-state index in [9.17, 15) is 14.0 Å². The first kappa shape index (κ1) is 22.3. The van der Waals surface area contributed by atoms with Crippen LogP contribution >= 0.6 is 0 Å². The van der Waals surface area contributed by atoms with E-state index in [1.165, 1.54) is 6.07 Å². The van der Waals surface area contributed by atoms with Crippen molar-refractivity contribution in [2.45, 2.75) is 19.4 Å². The molecule has 0 spiro atoms. The van der Waals surface area contributed by atoms with E-state index >= 15 is 0 Å². The highest BCUT2D eigenvalue weighted by Crippen LogP contribution is 2.42. The van der Waals surface area contributed by atoms with Crippen LogP contribution in [0.1, 0.15) is 23.6 Å². The minimum atomic E-state index is -0.669. The van der Waals surface area contributed by atoms with Gasteiger partial charge in [0.25, 0.3) is 0 Å². The summed E-state index contributed by atoms with van der Waals surface area (Å²) in [5, 5.41) is 2.78. The molecule has 0 aliphatic carbocycles. The number of amides is 2. The SMILES string of the molecule is COc1ccc([C@@H]2[C@@H](C(=O)Nc3ccc(C)c(F)c3)CC(=O)N2c2ccc(OC)cc2)cc1. The van der Waals surface area contributed by atoms with E-state index < -0.39 is 17.8 Å². The molecule has 0 aromatic heterocycles. The number of methoxy groups -OCH3 is 2. The topological polar surface area (TPSA) is 67.9 Å².